The second-order valence-corrected chi connectivity index (χ2v) is 8.18. The number of hydrogen-bond donors (Lipinski definition) is 1. The van der Waals surface area contributed by atoms with Crippen LogP contribution in [0.15, 0.2) is 46.2 Å². The van der Waals surface area contributed by atoms with Crippen LogP contribution in [0.25, 0.3) is 0 Å². The van der Waals surface area contributed by atoms with E-state index in [1.165, 1.54) is 0 Å². The first kappa shape index (κ1) is 19.4. The van der Waals surface area contributed by atoms with E-state index >= 15 is 0 Å². The first-order valence-corrected chi connectivity index (χ1v) is 10.5. The van der Waals surface area contributed by atoms with E-state index in [-0.39, 0.29) is 11.8 Å². The van der Waals surface area contributed by atoms with Crippen LogP contribution in [-0.2, 0) is 20.8 Å². The van der Waals surface area contributed by atoms with Crippen LogP contribution in [0.1, 0.15) is 24.8 Å². The van der Waals surface area contributed by atoms with Crippen molar-refractivity contribution < 1.29 is 19.2 Å². The highest BCUT2D eigenvalue weighted by atomic mass is 32.1. The van der Waals surface area contributed by atoms with Crippen LogP contribution in [0.3, 0.4) is 0 Å². The Labute approximate surface area is 173 Å². The molecule has 0 aliphatic carbocycles. The highest BCUT2D eigenvalue weighted by Gasteiger charge is 2.45. The molecule has 3 heterocycles. The summed E-state index contributed by atoms with van der Waals surface area (Å²) in [5.41, 5.74) is 1.45. The van der Waals surface area contributed by atoms with E-state index in [0.717, 1.165) is 24.2 Å². The minimum Gasteiger partial charge on any atom is -0.497 e. The number of carbonyl (C=O) groups excluding carboxylic acids is 2. The van der Waals surface area contributed by atoms with Crippen LogP contribution in [0.5, 0.6) is 5.75 Å². The summed E-state index contributed by atoms with van der Waals surface area (Å²) in [6.07, 6.45) is 2.40. The second-order valence-electron chi connectivity index (χ2n) is 7.40. The summed E-state index contributed by atoms with van der Waals surface area (Å²) in [6.45, 7) is 1.17. The lowest BCUT2D eigenvalue weighted by Crippen LogP contribution is -2.51. The van der Waals surface area contributed by atoms with E-state index in [1.807, 2.05) is 21.7 Å². The molecule has 2 amide bonds. The maximum atomic E-state index is 12.7. The SMILES string of the molecule is COc1ccc(NC(=O)C2=NOC3(CCCN(C(=O)Cc4ccsc4)C3)C2)cc1. The highest BCUT2D eigenvalue weighted by Crippen LogP contribution is 2.34. The van der Waals surface area contributed by atoms with Gasteiger partial charge in [-0.3, -0.25) is 9.59 Å². The van der Waals surface area contributed by atoms with Gasteiger partial charge in [-0.25, -0.2) is 0 Å². The monoisotopic (exact) mass is 413 g/mol. The number of likely N-dealkylation sites (tertiary alicyclic amines) is 1. The van der Waals surface area contributed by atoms with Gasteiger partial charge in [0.25, 0.3) is 5.91 Å². The molecule has 1 fully saturated rings. The molecule has 1 N–H and O–H groups in total. The number of piperidine rings is 1. The third-order valence-corrected chi connectivity index (χ3v) is 6.01. The molecule has 2 aliphatic heterocycles. The zero-order chi connectivity index (χ0) is 20.3. The number of benzene rings is 1. The molecule has 1 spiro atoms. The van der Waals surface area contributed by atoms with Gasteiger partial charge in [0.1, 0.15) is 11.5 Å². The number of nitrogens with zero attached hydrogens (tertiary/aromatic N) is 2. The lowest BCUT2D eigenvalue weighted by atomic mass is 9.87. The lowest BCUT2D eigenvalue weighted by Gasteiger charge is -2.38. The number of nitrogens with one attached hydrogen (secondary N) is 1. The third kappa shape index (κ3) is 4.42. The van der Waals surface area contributed by atoms with Crippen molar-refractivity contribution in [2.75, 3.05) is 25.5 Å². The van der Waals surface area contributed by atoms with E-state index in [2.05, 4.69) is 10.5 Å². The molecule has 1 aromatic carbocycles. The summed E-state index contributed by atoms with van der Waals surface area (Å²) >= 11 is 1.59. The molecule has 1 aromatic heterocycles. The van der Waals surface area contributed by atoms with Crippen molar-refractivity contribution in [2.45, 2.75) is 31.3 Å². The summed E-state index contributed by atoms with van der Waals surface area (Å²) in [5, 5.41) is 10.9. The molecule has 1 atom stereocenters. The van der Waals surface area contributed by atoms with Crippen molar-refractivity contribution in [1.29, 1.82) is 0 Å². The van der Waals surface area contributed by atoms with Gasteiger partial charge in [0.2, 0.25) is 5.91 Å². The van der Waals surface area contributed by atoms with Gasteiger partial charge >= 0.3 is 0 Å². The number of anilines is 1. The van der Waals surface area contributed by atoms with E-state index in [0.29, 0.717) is 37.3 Å². The number of amides is 2. The van der Waals surface area contributed by atoms with Crippen LogP contribution < -0.4 is 10.1 Å². The first-order valence-electron chi connectivity index (χ1n) is 9.56. The Bertz CT molecular complexity index is 911. The topological polar surface area (TPSA) is 80.2 Å². The molecule has 2 aromatic rings. The zero-order valence-electron chi connectivity index (χ0n) is 16.2. The van der Waals surface area contributed by atoms with Crippen molar-refractivity contribution >= 4 is 34.6 Å². The molecule has 29 heavy (non-hydrogen) atoms. The van der Waals surface area contributed by atoms with E-state index in [1.54, 1.807) is 42.7 Å². The van der Waals surface area contributed by atoms with Crippen molar-refractivity contribution in [3.8, 4) is 5.75 Å². The maximum Gasteiger partial charge on any atom is 0.273 e. The Kier molecular flexibility index (Phi) is 5.53. The molecule has 0 radical (unpaired) electrons. The Hall–Kier alpha value is -2.87. The highest BCUT2D eigenvalue weighted by molar-refractivity contribution is 7.08. The van der Waals surface area contributed by atoms with Crippen LogP contribution in [0.2, 0.25) is 0 Å². The zero-order valence-corrected chi connectivity index (χ0v) is 17.0. The summed E-state index contributed by atoms with van der Waals surface area (Å²) in [5.74, 6) is 0.522. The predicted octanol–water partition coefficient (Wildman–Crippen LogP) is 3.08. The van der Waals surface area contributed by atoms with Crippen molar-refractivity contribution in [2.24, 2.45) is 5.16 Å². The number of methoxy groups -OCH3 is 1. The Morgan fingerprint density at radius 3 is 2.86 bits per heavy atom. The molecule has 0 bridgehead atoms. The van der Waals surface area contributed by atoms with Gasteiger partial charge in [-0.05, 0) is 59.5 Å². The predicted molar refractivity (Wildman–Crippen MR) is 111 cm³/mol. The van der Waals surface area contributed by atoms with E-state index < -0.39 is 5.60 Å². The Morgan fingerprint density at radius 1 is 1.31 bits per heavy atom. The van der Waals surface area contributed by atoms with Gasteiger partial charge in [0.05, 0.1) is 20.1 Å². The fourth-order valence-corrected chi connectivity index (χ4v) is 4.40. The van der Waals surface area contributed by atoms with Gasteiger partial charge in [0.15, 0.2) is 5.60 Å². The molecule has 2 aliphatic rings. The number of carbonyl (C=O) groups is 2. The average Bonchev–Trinajstić information content (AvgIpc) is 3.39. The molecule has 0 saturated carbocycles. The molecule has 4 rings (SSSR count). The van der Waals surface area contributed by atoms with Crippen LogP contribution in [0.4, 0.5) is 5.69 Å². The smallest absolute Gasteiger partial charge is 0.273 e. The quantitative estimate of drug-likeness (QED) is 0.817. The molecule has 8 heteroatoms. The largest absolute Gasteiger partial charge is 0.497 e. The molecular weight excluding hydrogens is 390 g/mol. The molecule has 1 saturated heterocycles. The van der Waals surface area contributed by atoms with Gasteiger partial charge in [-0.1, -0.05) is 5.16 Å². The van der Waals surface area contributed by atoms with Crippen LogP contribution in [0, 0.1) is 0 Å². The van der Waals surface area contributed by atoms with Gasteiger partial charge < -0.3 is 19.8 Å². The minimum atomic E-state index is -0.602. The van der Waals surface area contributed by atoms with E-state index in [9.17, 15) is 9.59 Å². The van der Waals surface area contributed by atoms with Crippen LogP contribution >= 0.6 is 11.3 Å². The fraction of sp³-hybridized carbons (Fsp3) is 0.381. The summed E-state index contributed by atoms with van der Waals surface area (Å²) in [6, 6.07) is 9.08. The van der Waals surface area contributed by atoms with Gasteiger partial charge in [-0.15, -0.1) is 0 Å². The number of hydrogen-bond acceptors (Lipinski definition) is 6. The molecular formula is C21H23N3O4S. The first-order chi connectivity index (χ1) is 14.1. The molecule has 1 unspecified atom stereocenters. The van der Waals surface area contributed by atoms with Crippen molar-refractivity contribution in [3.05, 3.63) is 46.7 Å². The normalized spacial score (nSPS) is 20.9. The maximum absolute atomic E-state index is 12.7. The fourth-order valence-electron chi connectivity index (χ4n) is 3.73. The van der Waals surface area contributed by atoms with Gasteiger partial charge in [0, 0.05) is 18.7 Å². The van der Waals surface area contributed by atoms with Gasteiger partial charge in [-0.2, -0.15) is 11.3 Å². The van der Waals surface area contributed by atoms with E-state index in [4.69, 9.17) is 9.57 Å². The third-order valence-electron chi connectivity index (χ3n) is 5.28. The molecule has 7 nitrogen and oxygen atoms in total. The number of oxime groups is 1. The number of thiophene rings is 1. The molecule has 152 valence electrons. The summed E-state index contributed by atoms with van der Waals surface area (Å²) < 4.78 is 5.12. The second kappa shape index (κ2) is 8.24. The lowest BCUT2D eigenvalue weighted by molar-refractivity contribution is -0.139. The van der Waals surface area contributed by atoms with Crippen molar-refractivity contribution in [1.82, 2.24) is 4.90 Å². The number of ether oxygens (including phenoxy) is 1. The minimum absolute atomic E-state index is 0.0854. The Balaban J connectivity index is 1.35. The number of rotatable bonds is 5. The Morgan fingerprint density at radius 2 is 2.14 bits per heavy atom. The van der Waals surface area contributed by atoms with Crippen molar-refractivity contribution in [3.63, 3.8) is 0 Å². The average molecular weight is 413 g/mol. The standard InChI is InChI=1S/C21H23N3O4S/c1-27-17-5-3-16(4-6-17)22-20(26)18-12-21(28-23-18)8-2-9-24(14-21)19(25)11-15-7-10-29-13-15/h3-7,10,13H,2,8-9,11-12,14H2,1H3,(H,22,26). The summed E-state index contributed by atoms with van der Waals surface area (Å²) in [7, 11) is 1.59. The van der Waals surface area contributed by atoms with Crippen LogP contribution in [-0.4, -0.2) is 48.2 Å². The summed E-state index contributed by atoms with van der Waals surface area (Å²) in [4.78, 5) is 32.8.